The molecule has 0 saturated heterocycles. The first kappa shape index (κ1) is 24.6. The third-order valence-corrected chi connectivity index (χ3v) is 5.32. The Labute approximate surface area is 190 Å². The van der Waals surface area contributed by atoms with Gasteiger partial charge in [-0.05, 0) is 58.7 Å². The number of hydrogen-bond acceptors (Lipinski definition) is 1. The standard InChI is InChI=1S/C16H23N.C14H16/c1-12(2)11-14(16(3,4)5)13-9-7-8-10-15(13)17-6;1-11(2)13-10-6-8-12-7-4-3-5-9-14(12)13/h7-12H,6H2,1-5H3;4-11H,3H2,1-2H3/b14-11+;. The van der Waals surface area contributed by atoms with E-state index in [-0.39, 0.29) is 5.41 Å². The van der Waals surface area contributed by atoms with Crippen LogP contribution >= 0.6 is 0 Å². The fourth-order valence-electron chi connectivity index (χ4n) is 3.82. The molecule has 1 aliphatic rings. The molecule has 0 saturated carbocycles. The second-order valence-corrected chi connectivity index (χ2v) is 9.79. The Morgan fingerprint density at radius 3 is 2.23 bits per heavy atom. The maximum absolute atomic E-state index is 4.12. The van der Waals surface area contributed by atoms with Gasteiger partial charge in [-0.1, -0.05) is 115 Å². The van der Waals surface area contributed by atoms with Crippen molar-refractivity contribution in [1.29, 1.82) is 0 Å². The average Bonchev–Trinajstić information content (AvgIpc) is 2.97. The smallest absolute Gasteiger partial charge is 0.0697 e. The second kappa shape index (κ2) is 11.1. The van der Waals surface area contributed by atoms with Crippen LogP contribution in [0.2, 0.25) is 0 Å². The van der Waals surface area contributed by atoms with Crippen LogP contribution in [0.3, 0.4) is 0 Å². The lowest BCUT2D eigenvalue weighted by atomic mass is 9.80. The summed E-state index contributed by atoms with van der Waals surface area (Å²) >= 11 is 0. The average molecular weight is 414 g/mol. The molecule has 0 amide bonds. The molecule has 2 aromatic rings. The molecule has 0 aromatic heterocycles. The van der Waals surface area contributed by atoms with Crippen LogP contribution in [0, 0.1) is 11.3 Å². The molecule has 0 spiro atoms. The van der Waals surface area contributed by atoms with Crippen LogP contribution < -0.4 is 0 Å². The molecule has 1 heteroatoms. The van der Waals surface area contributed by atoms with Crippen molar-refractivity contribution in [3.8, 4) is 0 Å². The van der Waals surface area contributed by atoms with E-state index in [1.807, 2.05) is 12.1 Å². The van der Waals surface area contributed by atoms with Crippen molar-refractivity contribution >= 4 is 30.1 Å². The van der Waals surface area contributed by atoms with E-state index in [2.05, 4.69) is 121 Å². The lowest BCUT2D eigenvalue weighted by molar-refractivity contribution is 0.562. The maximum atomic E-state index is 4.12. The zero-order valence-electron chi connectivity index (χ0n) is 20.4. The van der Waals surface area contributed by atoms with Gasteiger partial charge in [0.2, 0.25) is 0 Å². The number of benzene rings is 2. The van der Waals surface area contributed by atoms with Crippen LogP contribution in [0.4, 0.5) is 5.69 Å². The van der Waals surface area contributed by atoms with Crippen molar-refractivity contribution in [2.45, 2.75) is 60.8 Å². The van der Waals surface area contributed by atoms with Gasteiger partial charge >= 0.3 is 0 Å². The fraction of sp³-hybridized carbons (Fsp3) is 0.367. The normalized spacial score (nSPS) is 13.5. The van der Waals surface area contributed by atoms with Gasteiger partial charge in [-0.2, -0.15) is 0 Å². The van der Waals surface area contributed by atoms with Gasteiger partial charge in [-0.25, -0.2) is 0 Å². The summed E-state index contributed by atoms with van der Waals surface area (Å²) < 4.78 is 0. The van der Waals surface area contributed by atoms with Gasteiger partial charge in [0.1, 0.15) is 0 Å². The minimum Gasteiger partial charge on any atom is -0.264 e. The molecule has 0 N–H and O–H groups in total. The molecule has 164 valence electrons. The fourth-order valence-corrected chi connectivity index (χ4v) is 3.82. The van der Waals surface area contributed by atoms with Gasteiger partial charge in [0, 0.05) is 5.56 Å². The molecule has 0 atom stereocenters. The van der Waals surface area contributed by atoms with Crippen LogP contribution in [0.15, 0.2) is 65.7 Å². The molecule has 0 heterocycles. The van der Waals surface area contributed by atoms with E-state index in [1.165, 1.54) is 27.8 Å². The van der Waals surface area contributed by atoms with Gasteiger partial charge < -0.3 is 0 Å². The summed E-state index contributed by atoms with van der Waals surface area (Å²) in [5, 5.41) is 0. The highest BCUT2D eigenvalue weighted by atomic mass is 14.7. The molecule has 31 heavy (non-hydrogen) atoms. The Kier molecular flexibility index (Phi) is 8.80. The lowest BCUT2D eigenvalue weighted by Crippen LogP contribution is -2.09. The topological polar surface area (TPSA) is 12.4 Å². The maximum Gasteiger partial charge on any atom is 0.0697 e. The second-order valence-electron chi connectivity index (χ2n) is 9.79. The van der Waals surface area contributed by atoms with E-state index in [1.54, 1.807) is 0 Å². The van der Waals surface area contributed by atoms with Crippen LogP contribution in [-0.4, -0.2) is 6.72 Å². The Bertz CT molecular complexity index is 962. The number of nitrogens with zero attached hydrogens (tertiary/aromatic N) is 1. The predicted octanol–water partition coefficient (Wildman–Crippen LogP) is 9.34. The highest BCUT2D eigenvalue weighted by molar-refractivity contribution is 5.78. The van der Waals surface area contributed by atoms with Crippen molar-refractivity contribution in [2.75, 3.05) is 0 Å². The van der Waals surface area contributed by atoms with Crippen molar-refractivity contribution in [3.05, 3.63) is 82.9 Å². The predicted molar refractivity (Wildman–Crippen MR) is 141 cm³/mol. The number of para-hydroxylation sites is 1. The Morgan fingerprint density at radius 1 is 0.935 bits per heavy atom. The van der Waals surface area contributed by atoms with E-state index >= 15 is 0 Å². The molecule has 0 unspecified atom stereocenters. The third kappa shape index (κ3) is 6.92. The number of aliphatic imine (C=N–C) groups is 1. The third-order valence-electron chi connectivity index (χ3n) is 5.32. The van der Waals surface area contributed by atoms with E-state index < -0.39 is 0 Å². The van der Waals surface area contributed by atoms with E-state index in [0.29, 0.717) is 11.8 Å². The summed E-state index contributed by atoms with van der Waals surface area (Å²) in [6, 6.07) is 14.8. The first-order valence-corrected chi connectivity index (χ1v) is 11.4. The highest BCUT2D eigenvalue weighted by Crippen LogP contribution is 2.39. The van der Waals surface area contributed by atoms with Gasteiger partial charge in [0.25, 0.3) is 0 Å². The summed E-state index contributed by atoms with van der Waals surface area (Å²) in [6.45, 7) is 19.3. The van der Waals surface area contributed by atoms with E-state index in [4.69, 9.17) is 0 Å². The quantitative estimate of drug-likeness (QED) is 0.443. The Balaban J connectivity index is 0.000000224. The molecule has 1 aliphatic carbocycles. The largest absolute Gasteiger partial charge is 0.264 e. The minimum absolute atomic E-state index is 0.116. The van der Waals surface area contributed by atoms with Gasteiger partial charge in [-0.15, -0.1) is 0 Å². The molecule has 0 aliphatic heterocycles. The first-order valence-electron chi connectivity index (χ1n) is 11.4. The summed E-state index contributed by atoms with van der Waals surface area (Å²) in [6.07, 6.45) is 12.3. The van der Waals surface area contributed by atoms with E-state index in [9.17, 15) is 0 Å². The summed E-state index contributed by atoms with van der Waals surface area (Å²) in [5.41, 5.74) is 7.82. The molecule has 3 rings (SSSR count). The van der Waals surface area contributed by atoms with Crippen LogP contribution in [0.25, 0.3) is 17.7 Å². The number of hydrogen-bond donors (Lipinski definition) is 0. The van der Waals surface area contributed by atoms with Gasteiger partial charge in [-0.3, -0.25) is 4.99 Å². The summed E-state index contributed by atoms with van der Waals surface area (Å²) in [7, 11) is 0. The molecule has 2 aromatic carbocycles. The van der Waals surface area contributed by atoms with Crippen molar-refractivity contribution < 1.29 is 0 Å². The van der Waals surface area contributed by atoms with Crippen LogP contribution in [-0.2, 0) is 0 Å². The Hall–Kier alpha value is -2.67. The zero-order chi connectivity index (χ0) is 23.0. The molecule has 0 bridgehead atoms. The lowest BCUT2D eigenvalue weighted by Gasteiger charge is -2.25. The summed E-state index contributed by atoms with van der Waals surface area (Å²) in [4.78, 5) is 4.12. The zero-order valence-corrected chi connectivity index (χ0v) is 20.4. The van der Waals surface area contributed by atoms with Crippen molar-refractivity contribution in [1.82, 2.24) is 0 Å². The SMILES string of the molecule is C=Nc1ccccc1/C(=C\C(C)C)C(C)(C)C.CC(C)c1cccc2c1C=CCC=C2. The molecular weight excluding hydrogens is 374 g/mol. The number of fused-ring (bicyclic) bond motifs is 1. The van der Waals surface area contributed by atoms with Gasteiger partial charge in [0.15, 0.2) is 0 Å². The van der Waals surface area contributed by atoms with E-state index in [0.717, 1.165) is 12.1 Å². The monoisotopic (exact) mass is 413 g/mol. The van der Waals surface area contributed by atoms with Crippen LogP contribution in [0.5, 0.6) is 0 Å². The molecule has 0 fully saturated rings. The van der Waals surface area contributed by atoms with Crippen LogP contribution in [0.1, 0.15) is 83.1 Å². The molecule has 1 nitrogen and oxygen atoms in total. The summed E-state index contributed by atoms with van der Waals surface area (Å²) in [5.74, 6) is 1.13. The molecule has 0 radical (unpaired) electrons. The first-order chi connectivity index (χ1) is 14.6. The minimum atomic E-state index is 0.116. The number of allylic oxidation sites excluding steroid dienone is 4. The van der Waals surface area contributed by atoms with Gasteiger partial charge in [0.05, 0.1) is 5.69 Å². The molecular formula is C30H39N. The highest BCUT2D eigenvalue weighted by Gasteiger charge is 2.20. The van der Waals surface area contributed by atoms with Crippen molar-refractivity contribution in [2.24, 2.45) is 16.3 Å². The van der Waals surface area contributed by atoms with Crippen molar-refractivity contribution in [3.63, 3.8) is 0 Å². The number of rotatable bonds is 4. The Morgan fingerprint density at radius 2 is 1.61 bits per heavy atom.